The second-order valence-electron chi connectivity index (χ2n) is 4.35. The van der Waals surface area contributed by atoms with Crippen molar-refractivity contribution < 1.29 is 0 Å². The Morgan fingerprint density at radius 3 is 2.93 bits per heavy atom. The zero-order chi connectivity index (χ0) is 10.3. The number of nitrogens with one attached hydrogen (secondary N) is 1. The average Bonchev–Trinajstić information content (AvgIpc) is 2.96. The molecule has 0 radical (unpaired) electrons. The Labute approximate surface area is 94.1 Å². The van der Waals surface area contributed by atoms with Gasteiger partial charge in [0.05, 0.1) is 0 Å². The van der Waals surface area contributed by atoms with Crippen LogP contribution >= 0.6 is 11.3 Å². The Balaban J connectivity index is 1.95. The summed E-state index contributed by atoms with van der Waals surface area (Å²) in [7, 11) is 0. The molecule has 1 aliphatic rings. The molecule has 1 aromatic carbocycles. The van der Waals surface area contributed by atoms with Crippen LogP contribution in [0.5, 0.6) is 0 Å². The van der Waals surface area contributed by atoms with Gasteiger partial charge in [-0.1, -0.05) is 18.2 Å². The molecule has 1 heterocycles. The maximum absolute atomic E-state index is 3.66. The Hall–Kier alpha value is -0.860. The molecule has 15 heavy (non-hydrogen) atoms. The van der Waals surface area contributed by atoms with Crippen LogP contribution in [0, 0.1) is 0 Å². The first kappa shape index (κ1) is 9.37. The van der Waals surface area contributed by atoms with Gasteiger partial charge in [-0.15, -0.1) is 11.3 Å². The van der Waals surface area contributed by atoms with E-state index in [0.29, 0.717) is 6.04 Å². The van der Waals surface area contributed by atoms with Gasteiger partial charge in [0.1, 0.15) is 0 Å². The quantitative estimate of drug-likeness (QED) is 0.826. The smallest absolute Gasteiger partial charge is 0.0346 e. The van der Waals surface area contributed by atoms with Gasteiger partial charge in [0.25, 0.3) is 0 Å². The molecular weight excluding hydrogens is 202 g/mol. The van der Waals surface area contributed by atoms with Crippen LogP contribution in [-0.2, 0) is 0 Å². The van der Waals surface area contributed by atoms with Crippen molar-refractivity contribution in [3.63, 3.8) is 0 Å². The molecular formula is C13H15NS. The minimum atomic E-state index is 0.494. The molecule has 1 nitrogen and oxygen atoms in total. The van der Waals surface area contributed by atoms with Crippen LogP contribution < -0.4 is 5.32 Å². The largest absolute Gasteiger partial charge is 0.307 e. The summed E-state index contributed by atoms with van der Waals surface area (Å²) in [5.41, 5.74) is 1.46. The van der Waals surface area contributed by atoms with Crippen LogP contribution in [0.4, 0.5) is 0 Å². The van der Waals surface area contributed by atoms with E-state index in [1.807, 2.05) is 11.3 Å². The van der Waals surface area contributed by atoms with Gasteiger partial charge in [0, 0.05) is 16.8 Å². The predicted octanol–water partition coefficient (Wildman–Crippen LogP) is 3.71. The minimum absolute atomic E-state index is 0.494. The van der Waals surface area contributed by atoms with Gasteiger partial charge in [-0.3, -0.25) is 0 Å². The third-order valence-electron chi connectivity index (χ3n) is 3.04. The molecule has 3 rings (SSSR count). The third-order valence-corrected chi connectivity index (χ3v) is 4.02. The SMILES string of the molecule is CC(NC1CC1)c1csc2ccccc12. The zero-order valence-electron chi connectivity index (χ0n) is 8.86. The van der Waals surface area contributed by atoms with Gasteiger partial charge in [0.2, 0.25) is 0 Å². The standard InChI is InChI=1S/C13H15NS/c1-9(14-10-6-7-10)12-8-15-13-5-3-2-4-11(12)13/h2-5,8-10,14H,6-7H2,1H3. The van der Waals surface area contributed by atoms with Crippen LogP contribution in [0.1, 0.15) is 31.4 Å². The fourth-order valence-electron chi connectivity index (χ4n) is 2.03. The van der Waals surface area contributed by atoms with Gasteiger partial charge in [-0.25, -0.2) is 0 Å². The summed E-state index contributed by atoms with van der Waals surface area (Å²) in [5.74, 6) is 0. The Morgan fingerprint density at radius 1 is 1.33 bits per heavy atom. The first-order valence-corrected chi connectivity index (χ1v) is 6.45. The van der Waals surface area contributed by atoms with Crippen molar-refractivity contribution in [1.29, 1.82) is 0 Å². The molecule has 1 fully saturated rings. The molecule has 1 unspecified atom stereocenters. The number of hydrogen-bond donors (Lipinski definition) is 1. The molecule has 1 aliphatic carbocycles. The first-order chi connectivity index (χ1) is 7.34. The molecule has 1 atom stereocenters. The van der Waals surface area contributed by atoms with Crippen molar-refractivity contribution in [2.24, 2.45) is 0 Å². The van der Waals surface area contributed by atoms with E-state index in [4.69, 9.17) is 0 Å². The van der Waals surface area contributed by atoms with Crippen LogP contribution in [0.15, 0.2) is 29.6 Å². The second kappa shape index (κ2) is 3.62. The average molecular weight is 217 g/mol. The van der Waals surface area contributed by atoms with E-state index >= 15 is 0 Å². The highest BCUT2D eigenvalue weighted by Gasteiger charge is 2.24. The Bertz CT molecular complexity index is 470. The van der Waals surface area contributed by atoms with Crippen LogP contribution in [0.3, 0.4) is 0 Å². The summed E-state index contributed by atoms with van der Waals surface area (Å²) in [6, 6.07) is 9.94. The maximum Gasteiger partial charge on any atom is 0.0346 e. The van der Waals surface area contributed by atoms with Crippen molar-refractivity contribution in [1.82, 2.24) is 5.32 Å². The number of thiophene rings is 1. The molecule has 0 spiro atoms. The molecule has 1 saturated carbocycles. The highest BCUT2D eigenvalue weighted by molar-refractivity contribution is 7.17. The Kier molecular flexibility index (Phi) is 2.26. The number of fused-ring (bicyclic) bond motifs is 1. The maximum atomic E-state index is 3.66. The van der Waals surface area contributed by atoms with Crippen molar-refractivity contribution in [2.45, 2.75) is 31.8 Å². The molecule has 0 amide bonds. The second-order valence-corrected chi connectivity index (χ2v) is 5.26. The number of hydrogen-bond acceptors (Lipinski definition) is 2. The lowest BCUT2D eigenvalue weighted by Gasteiger charge is -2.12. The predicted molar refractivity (Wildman–Crippen MR) is 66.4 cm³/mol. The molecule has 0 bridgehead atoms. The first-order valence-electron chi connectivity index (χ1n) is 5.57. The van der Waals surface area contributed by atoms with E-state index in [1.165, 1.54) is 28.5 Å². The lowest BCUT2D eigenvalue weighted by Crippen LogP contribution is -2.20. The summed E-state index contributed by atoms with van der Waals surface area (Å²) in [4.78, 5) is 0. The molecule has 78 valence electrons. The van der Waals surface area contributed by atoms with Crippen molar-refractivity contribution in [2.75, 3.05) is 0 Å². The van der Waals surface area contributed by atoms with Gasteiger partial charge < -0.3 is 5.32 Å². The zero-order valence-corrected chi connectivity index (χ0v) is 9.68. The van der Waals surface area contributed by atoms with E-state index in [-0.39, 0.29) is 0 Å². The summed E-state index contributed by atoms with van der Waals surface area (Å²) >= 11 is 1.85. The van der Waals surface area contributed by atoms with E-state index < -0.39 is 0 Å². The Morgan fingerprint density at radius 2 is 2.13 bits per heavy atom. The van der Waals surface area contributed by atoms with Crippen molar-refractivity contribution >= 4 is 21.4 Å². The van der Waals surface area contributed by atoms with E-state index in [9.17, 15) is 0 Å². The van der Waals surface area contributed by atoms with Crippen molar-refractivity contribution in [3.8, 4) is 0 Å². The van der Waals surface area contributed by atoms with Crippen LogP contribution in [-0.4, -0.2) is 6.04 Å². The van der Waals surface area contributed by atoms with E-state index in [1.54, 1.807) is 0 Å². The van der Waals surface area contributed by atoms with E-state index in [0.717, 1.165) is 6.04 Å². The highest BCUT2D eigenvalue weighted by Crippen LogP contribution is 2.32. The number of rotatable bonds is 3. The summed E-state index contributed by atoms with van der Waals surface area (Å²) in [6.07, 6.45) is 2.71. The lowest BCUT2D eigenvalue weighted by atomic mass is 10.1. The third kappa shape index (κ3) is 1.80. The van der Waals surface area contributed by atoms with Gasteiger partial charge in [-0.2, -0.15) is 0 Å². The fourth-order valence-corrected chi connectivity index (χ4v) is 3.08. The monoisotopic (exact) mass is 217 g/mol. The molecule has 1 aromatic heterocycles. The molecule has 1 N–H and O–H groups in total. The molecule has 0 aliphatic heterocycles. The summed E-state index contributed by atoms with van der Waals surface area (Å²) in [6.45, 7) is 2.27. The normalized spacial score (nSPS) is 18.2. The minimum Gasteiger partial charge on any atom is -0.307 e. The lowest BCUT2D eigenvalue weighted by molar-refractivity contribution is 0.575. The van der Waals surface area contributed by atoms with Gasteiger partial charge in [-0.05, 0) is 42.2 Å². The molecule has 2 heteroatoms. The van der Waals surface area contributed by atoms with Gasteiger partial charge >= 0.3 is 0 Å². The molecule has 2 aromatic rings. The fraction of sp³-hybridized carbons (Fsp3) is 0.385. The topological polar surface area (TPSA) is 12.0 Å². The van der Waals surface area contributed by atoms with E-state index in [2.05, 4.69) is 41.9 Å². The van der Waals surface area contributed by atoms with Crippen LogP contribution in [0.25, 0.3) is 10.1 Å². The van der Waals surface area contributed by atoms with Crippen LogP contribution in [0.2, 0.25) is 0 Å². The molecule has 0 saturated heterocycles. The van der Waals surface area contributed by atoms with Crippen molar-refractivity contribution in [3.05, 3.63) is 35.2 Å². The number of benzene rings is 1. The summed E-state index contributed by atoms with van der Waals surface area (Å²) in [5, 5.41) is 7.37. The highest BCUT2D eigenvalue weighted by atomic mass is 32.1. The summed E-state index contributed by atoms with van der Waals surface area (Å²) < 4.78 is 1.40. The van der Waals surface area contributed by atoms with Gasteiger partial charge in [0.15, 0.2) is 0 Å².